The number of esters is 1. The minimum Gasteiger partial charge on any atom is -0.452 e. The maximum atomic E-state index is 12.3. The van der Waals surface area contributed by atoms with E-state index in [2.05, 4.69) is 0 Å². The van der Waals surface area contributed by atoms with Gasteiger partial charge in [-0.25, -0.2) is 4.79 Å². The monoisotopic (exact) mass is 420 g/mol. The minimum atomic E-state index is -0.560. The van der Waals surface area contributed by atoms with Gasteiger partial charge in [-0.05, 0) is 36.2 Å². The standard InChI is InChI=1S/C20H21ClN2O4S/c1-22(12-16-7-8-17(21)28-16)19(25)13-27-20(26)15-5-2-4-14(10-15)11-23-9-3-6-18(23)24/h2,4-5,7-8,10H,3,6,9,11-13H2,1H3. The van der Waals surface area contributed by atoms with Gasteiger partial charge in [0.15, 0.2) is 6.61 Å². The Labute approximate surface area is 172 Å². The van der Waals surface area contributed by atoms with Crippen molar-refractivity contribution in [1.82, 2.24) is 9.80 Å². The van der Waals surface area contributed by atoms with E-state index < -0.39 is 5.97 Å². The molecule has 2 amide bonds. The second-order valence-corrected chi connectivity index (χ2v) is 8.45. The van der Waals surface area contributed by atoms with Gasteiger partial charge in [0.25, 0.3) is 5.91 Å². The van der Waals surface area contributed by atoms with Gasteiger partial charge in [-0.3, -0.25) is 9.59 Å². The molecule has 3 rings (SSSR count). The summed E-state index contributed by atoms with van der Waals surface area (Å²) in [5.74, 6) is -0.721. The number of hydrogen-bond acceptors (Lipinski definition) is 5. The highest BCUT2D eigenvalue weighted by Crippen LogP contribution is 2.22. The maximum Gasteiger partial charge on any atom is 0.338 e. The van der Waals surface area contributed by atoms with Crippen molar-refractivity contribution in [3.8, 4) is 0 Å². The molecule has 1 fully saturated rings. The largest absolute Gasteiger partial charge is 0.452 e. The summed E-state index contributed by atoms with van der Waals surface area (Å²) in [7, 11) is 1.65. The number of carbonyl (C=O) groups excluding carboxylic acids is 3. The Hall–Kier alpha value is -2.38. The number of nitrogens with zero attached hydrogens (tertiary/aromatic N) is 2. The molecule has 28 heavy (non-hydrogen) atoms. The zero-order valence-electron chi connectivity index (χ0n) is 15.5. The van der Waals surface area contributed by atoms with Crippen LogP contribution in [0.1, 0.15) is 33.6 Å². The first kappa shape index (κ1) is 20.4. The molecule has 0 spiro atoms. The Morgan fingerprint density at radius 1 is 1.29 bits per heavy atom. The van der Waals surface area contributed by atoms with Gasteiger partial charge >= 0.3 is 5.97 Å². The molecule has 1 aliphatic rings. The van der Waals surface area contributed by atoms with Crippen LogP contribution >= 0.6 is 22.9 Å². The number of rotatable bonds is 7. The fourth-order valence-electron chi connectivity index (χ4n) is 2.97. The lowest BCUT2D eigenvalue weighted by atomic mass is 10.1. The first-order valence-corrected chi connectivity index (χ1v) is 10.1. The Balaban J connectivity index is 1.52. The Morgan fingerprint density at radius 3 is 2.79 bits per heavy atom. The van der Waals surface area contributed by atoms with E-state index in [-0.39, 0.29) is 18.4 Å². The van der Waals surface area contributed by atoms with E-state index in [0.717, 1.165) is 23.4 Å². The molecule has 2 aromatic rings. The maximum absolute atomic E-state index is 12.3. The fraction of sp³-hybridized carbons (Fsp3) is 0.350. The number of hydrogen-bond donors (Lipinski definition) is 0. The predicted molar refractivity (Wildman–Crippen MR) is 107 cm³/mol. The molecular formula is C20H21ClN2O4S. The predicted octanol–water partition coefficient (Wildman–Crippen LogP) is 3.34. The molecule has 1 saturated heterocycles. The third-order valence-electron chi connectivity index (χ3n) is 4.48. The molecule has 0 saturated carbocycles. The summed E-state index contributed by atoms with van der Waals surface area (Å²) in [6.07, 6.45) is 1.45. The number of thiophene rings is 1. The van der Waals surface area contributed by atoms with Crippen molar-refractivity contribution in [1.29, 1.82) is 0 Å². The number of carbonyl (C=O) groups is 3. The number of likely N-dealkylation sites (N-methyl/N-ethyl adjacent to an activating group) is 1. The van der Waals surface area contributed by atoms with Crippen LogP contribution in [0.5, 0.6) is 0 Å². The molecular weight excluding hydrogens is 400 g/mol. The molecule has 0 aliphatic carbocycles. The average molecular weight is 421 g/mol. The fourth-order valence-corrected chi connectivity index (χ4v) is 4.11. The lowest BCUT2D eigenvalue weighted by Gasteiger charge is -2.17. The van der Waals surface area contributed by atoms with E-state index in [1.807, 2.05) is 12.1 Å². The highest BCUT2D eigenvalue weighted by atomic mass is 35.5. The summed E-state index contributed by atoms with van der Waals surface area (Å²) >= 11 is 7.30. The average Bonchev–Trinajstić information content (AvgIpc) is 3.27. The number of ether oxygens (including phenoxy) is 1. The SMILES string of the molecule is CN(Cc1ccc(Cl)s1)C(=O)COC(=O)c1cccc(CN2CCCC2=O)c1. The molecule has 0 N–H and O–H groups in total. The van der Waals surface area contributed by atoms with E-state index in [0.29, 0.717) is 29.4 Å². The van der Waals surface area contributed by atoms with Gasteiger partial charge in [-0.1, -0.05) is 23.7 Å². The van der Waals surface area contributed by atoms with Crippen LogP contribution in [0.2, 0.25) is 4.34 Å². The van der Waals surface area contributed by atoms with Crippen molar-refractivity contribution in [3.05, 3.63) is 56.7 Å². The quantitative estimate of drug-likeness (QED) is 0.644. The Kier molecular flexibility index (Phi) is 6.70. The van der Waals surface area contributed by atoms with Crippen LogP contribution in [-0.4, -0.2) is 47.8 Å². The molecule has 148 valence electrons. The van der Waals surface area contributed by atoms with Gasteiger partial charge < -0.3 is 14.5 Å². The van der Waals surface area contributed by atoms with Gasteiger partial charge in [0.05, 0.1) is 16.4 Å². The van der Waals surface area contributed by atoms with Crippen LogP contribution in [-0.2, 0) is 27.4 Å². The van der Waals surface area contributed by atoms with Crippen molar-refractivity contribution in [2.45, 2.75) is 25.9 Å². The highest BCUT2D eigenvalue weighted by Gasteiger charge is 2.20. The summed E-state index contributed by atoms with van der Waals surface area (Å²) in [4.78, 5) is 40.5. The molecule has 2 heterocycles. The van der Waals surface area contributed by atoms with Gasteiger partial charge in [0.1, 0.15) is 0 Å². The Bertz CT molecular complexity index is 883. The van der Waals surface area contributed by atoms with Crippen LogP contribution in [0.4, 0.5) is 0 Å². The molecule has 0 bridgehead atoms. The van der Waals surface area contributed by atoms with Crippen LogP contribution in [0, 0.1) is 0 Å². The summed E-state index contributed by atoms with van der Waals surface area (Å²) in [5, 5.41) is 0. The third-order valence-corrected chi connectivity index (χ3v) is 5.70. The molecule has 0 atom stereocenters. The zero-order chi connectivity index (χ0) is 20.1. The molecule has 8 heteroatoms. The summed E-state index contributed by atoms with van der Waals surface area (Å²) in [5.41, 5.74) is 1.23. The summed E-state index contributed by atoms with van der Waals surface area (Å²) < 4.78 is 5.83. The normalized spacial score (nSPS) is 13.6. The molecule has 0 radical (unpaired) electrons. The molecule has 1 aromatic carbocycles. The topological polar surface area (TPSA) is 66.9 Å². The summed E-state index contributed by atoms with van der Waals surface area (Å²) in [6.45, 7) is 1.30. The molecule has 6 nitrogen and oxygen atoms in total. The second kappa shape index (κ2) is 9.21. The van der Waals surface area contributed by atoms with E-state index in [4.69, 9.17) is 16.3 Å². The van der Waals surface area contributed by atoms with Gasteiger partial charge in [0.2, 0.25) is 5.91 Å². The number of benzene rings is 1. The van der Waals surface area contributed by atoms with Crippen LogP contribution in [0.25, 0.3) is 0 Å². The van der Waals surface area contributed by atoms with Gasteiger partial charge in [0, 0.05) is 31.4 Å². The van der Waals surface area contributed by atoms with Crippen molar-refractivity contribution >= 4 is 40.7 Å². The number of halogens is 1. The van der Waals surface area contributed by atoms with Gasteiger partial charge in [-0.2, -0.15) is 0 Å². The lowest BCUT2D eigenvalue weighted by Crippen LogP contribution is -2.30. The van der Waals surface area contributed by atoms with Crippen LogP contribution in [0.15, 0.2) is 36.4 Å². The molecule has 1 aliphatic heterocycles. The van der Waals surface area contributed by atoms with E-state index in [1.54, 1.807) is 36.2 Å². The first-order chi connectivity index (χ1) is 13.4. The zero-order valence-corrected chi connectivity index (χ0v) is 17.1. The smallest absolute Gasteiger partial charge is 0.338 e. The van der Waals surface area contributed by atoms with Crippen molar-refractivity contribution in [3.63, 3.8) is 0 Å². The van der Waals surface area contributed by atoms with Crippen molar-refractivity contribution in [2.75, 3.05) is 20.2 Å². The van der Waals surface area contributed by atoms with Crippen LogP contribution in [0.3, 0.4) is 0 Å². The summed E-state index contributed by atoms with van der Waals surface area (Å²) in [6, 6.07) is 10.6. The third kappa shape index (κ3) is 5.33. The van der Waals surface area contributed by atoms with E-state index in [9.17, 15) is 14.4 Å². The first-order valence-electron chi connectivity index (χ1n) is 8.94. The minimum absolute atomic E-state index is 0.133. The Morgan fingerprint density at radius 2 is 2.11 bits per heavy atom. The van der Waals surface area contributed by atoms with Crippen LogP contribution < -0.4 is 0 Å². The highest BCUT2D eigenvalue weighted by molar-refractivity contribution is 7.16. The molecule has 1 aromatic heterocycles. The van der Waals surface area contributed by atoms with E-state index in [1.165, 1.54) is 16.2 Å². The van der Waals surface area contributed by atoms with E-state index >= 15 is 0 Å². The van der Waals surface area contributed by atoms with Crippen molar-refractivity contribution in [2.24, 2.45) is 0 Å². The lowest BCUT2D eigenvalue weighted by molar-refractivity contribution is -0.133. The number of amides is 2. The molecule has 0 unspecified atom stereocenters. The second-order valence-electron chi connectivity index (χ2n) is 6.65. The number of likely N-dealkylation sites (tertiary alicyclic amines) is 1. The van der Waals surface area contributed by atoms with Gasteiger partial charge in [-0.15, -0.1) is 11.3 Å². The van der Waals surface area contributed by atoms with Crippen molar-refractivity contribution < 1.29 is 19.1 Å².